The second kappa shape index (κ2) is 3.41. The van der Waals surface area contributed by atoms with E-state index in [1.165, 1.54) is 18.2 Å². The minimum absolute atomic E-state index is 0.0376. The summed E-state index contributed by atoms with van der Waals surface area (Å²) in [7, 11) is 0. The van der Waals surface area contributed by atoms with Gasteiger partial charge in [-0.2, -0.15) is 0 Å². The molecule has 0 bridgehead atoms. The summed E-state index contributed by atoms with van der Waals surface area (Å²) >= 11 is 0. The zero-order valence-corrected chi connectivity index (χ0v) is 8.56. The minimum atomic E-state index is -1.10. The van der Waals surface area contributed by atoms with Crippen molar-refractivity contribution in [2.24, 2.45) is 0 Å². The van der Waals surface area contributed by atoms with Gasteiger partial charge >= 0.3 is 5.97 Å². The van der Waals surface area contributed by atoms with Crippen molar-refractivity contribution in [2.75, 3.05) is 0 Å². The van der Waals surface area contributed by atoms with E-state index in [1.807, 2.05) is 0 Å². The van der Waals surface area contributed by atoms with E-state index in [2.05, 4.69) is 0 Å². The molecule has 0 aliphatic carbocycles. The highest BCUT2D eigenvalue weighted by atomic mass is 16.4. The van der Waals surface area contributed by atoms with Crippen LogP contribution < -0.4 is 0 Å². The molecular weight excluding hydrogens is 208 g/mol. The summed E-state index contributed by atoms with van der Waals surface area (Å²) in [4.78, 5) is 10.9. The Hall–Kier alpha value is -2.23. The molecule has 0 saturated heterocycles. The van der Waals surface area contributed by atoms with Crippen LogP contribution in [0.25, 0.3) is 10.8 Å². The molecule has 2 rings (SSSR count). The zero-order chi connectivity index (χ0) is 11.9. The van der Waals surface area contributed by atoms with Gasteiger partial charge in [0.25, 0.3) is 0 Å². The van der Waals surface area contributed by atoms with Gasteiger partial charge in [-0.1, -0.05) is 0 Å². The Morgan fingerprint density at radius 3 is 2.44 bits per heavy atom. The first-order chi connectivity index (χ1) is 7.50. The van der Waals surface area contributed by atoms with Crippen LogP contribution in [-0.2, 0) is 0 Å². The molecule has 0 aliphatic heterocycles. The van der Waals surface area contributed by atoms with Gasteiger partial charge in [-0.3, -0.25) is 0 Å². The molecule has 0 aliphatic rings. The Morgan fingerprint density at radius 1 is 1.12 bits per heavy atom. The highest BCUT2D eigenvalue weighted by Gasteiger charge is 2.13. The first kappa shape index (κ1) is 10.3. The lowest BCUT2D eigenvalue weighted by molar-refractivity contribution is 0.0696. The van der Waals surface area contributed by atoms with Gasteiger partial charge in [0.1, 0.15) is 11.5 Å². The highest BCUT2D eigenvalue weighted by molar-refractivity contribution is 6.01. The number of rotatable bonds is 1. The number of carboxylic acid groups (broad SMARTS) is 1. The molecule has 0 atom stereocenters. The molecule has 0 unspecified atom stereocenters. The van der Waals surface area contributed by atoms with Gasteiger partial charge in [0.15, 0.2) is 0 Å². The Morgan fingerprint density at radius 2 is 1.81 bits per heavy atom. The van der Waals surface area contributed by atoms with Crippen LogP contribution >= 0.6 is 0 Å². The van der Waals surface area contributed by atoms with Crippen molar-refractivity contribution in [2.45, 2.75) is 6.92 Å². The Kier molecular flexibility index (Phi) is 2.20. The van der Waals surface area contributed by atoms with E-state index in [4.69, 9.17) is 5.11 Å². The highest BCUT2D eigenvalue weighted by Crippen LogP contribution is 2.32. The maximum absolute atomic E-state index is 10.9. The van der Waals surface area contributed by atoms with E-state index in [0.29, 0.717) is 16.3 Å². The molecule has 4 heteroatoms. The van der Waals surface area contributed by atoms with Gasteiger partial charge in [0.05, 0.1) is 5.56 Å². The molecule has 0 amide bonds. The number of aryl methyl sites for hydroxylation is 1. The van der Waals surface area contributed by atoms with Crippen LogP contribution in [0.2, 0.25) is 0 Å². The molecule has 82 valence electrons. The first-order valence-electron chi connectivity index (χ1n) is 4.69. The number of hydrogen-bond acceptors (Lipinski definition) is 3. The minimum Gasteiger partial charge on any atom is -0.508 e. The average Bonchev–Trinajstić information content (AvgIpc) is 2.22. The number of aromatic carboxylic acids is 1. The van der Waals surface area contributed by atoms with Gasteiger partial charge < -0.3 is 15.3 Å². The number of carbonyl (C=O) groups is 1. The lowest BCUT2D eigenvalue weighted by Crippen LogP contribution is -2.00. The summed E-state index contributed by atoms with van der Waals surface area (Å²) in [5.41, 5.74) is 0.562. The van der Waals surface area contributed by atoms with Crippen LogP contribution in [0, 0.1) is 6.92 Å². The molecule has 2 aromatic rings. The fourth-order valence-corrected chi connectivity index (χ4v) is 1.76. The van der Waals surface area contributed by atoms with Gasteiger partial charge in [0, 0.05) is 5.39 Å². The number of hydrogen-bond donors (Lipinski definition) is 3. The molecule has 0 heterocycles. The molecule has 16 heavy (non-hydrogen) atoms. The maximum Gasteiger partial charge on any atom is 0.336 e. The average molecular weight is 218 g/mol. The monoisotopic (exact) mass is 218 g/mol. The smallest absolute Gasteiger partial charge is 0.336 e. The fourth-order valence-electron chi connectivity index (χ4n) is 1.76. The van der Waals surface area contributed by atoms with E-state index in [9.17, 15) is 15.0 Å². The summed E-state index contributed by atoms with van der Waals surface area (Å²) < 4.78 is 0. The number of aromatic hydroxyl groups is 2. The lowest BCUT2D eigenvalue weighted by atomic mass is 9.99. The molecule has 0 saturated carbocycles. The van der Waals surface area contributed by atoms with Crippen LogP contribution in [0.4, 0.5) is 0 Å². The van der Waals surface area contributed by atoms with Crippen molar-refractivity contribution >= 4 is 16.7 Å². The number of benzene rings is 2. The topological polar surface area (TPSA) is 77.8 Å². The van der Waals surface area contributed by atoms with E-state index in [-0.39, 0.29) is 17.1 Å². The first-order valence-corrected chi connectivity index (χ1v) is 4.69. The summed E-state index contributed by atoms with van der Waals surface area (Å²) in [6.07, 6.45) is 0. The number of carboxylic acids is 1. The Balaban J connectivity index is 2.91. The Labute approximate surface area is 91.4 Å². The predicted molar refractivity (Wildman–Crippen MR) is 59.0 cm³/mol. The molecule has 0 aromatic heterocycles. The summed E-state index contributed by atoms with van der Waals surface area (Å²) in [5.74, 6) is -1.16. The van der Waals surface area contributed by atoms with Gasteiger partial charge in [-0.15, -0.1) is 0 Å². The second-order valence-electron chi connectivity index (χ2n) is 3.60. The number of phenols is 2. The van der Waals surface area contributed by atoms with Crippen LogP contribution in [0.1, 0.15) is 15.9 Å². The number of phenolic OH excluding ortho intramolecular Hbond substituents is 2. The molecule has 0 radical (unpaired) electrons. The summed E-state index contributed by atoms with van der Waals surface area (Å²) in [5, 5.41) is 29.0. The van der Waals surface area contributed by atoms with E-state index >= 15 is 0 Å². The summed E-state index contributed by atoms with van der Waals surface area (Å²) in [6.45, 7) is 1.64. The molecule has 0 fully saturated rings. The van der Waals surface area contributed by atoms with Crippen LogP contribution in [0.15, 0.2) is 24.3 Å². The maximum atomic E-state index is 10.9. The van der Waals surface area contributed by atoms with Crippen molar-refractivity contribution < 1.29 is 20.1 Å². The molecule has 0 spiro atoms. The fraction of sp³-hybridized carbons (Fsp3) is 0.0833. The molecule has 2 aromatic carbocycles. The third kappa shape index (κ3) is 1.44. The lowest BCUT2D eigenvalue weighted by Gasteiger charge is -2.08. The third-order valence-corrected chi connectivity index (χ3v) is 2.60. The predicted octanol–water partition coefficient (Wildman–Crippen LogP) is 2.26. The van der Waals surface area contributed by atoms with Gasteiger partial charge in [0.2, 0.25) is 0 Å². The van der Waals surface area contributed by atoms with Crippen LogP contribution in [0.5, 0.6) is 11.5 Å². The Bertz CT molecular complexity index is 587. The molecule has 4 nitrogen and oxygen atoms in total. The number of fused-ring (bicyclic) bond motifs is 1. The van der Waals surface area contributed by atoms with E-state index in [1.54, 1.807) is 13.0 Å². The van der Waals surface area contributed by atoms with Crippen molar-refractivity contribution in [1.82, 2.24) is 0 Å². The van der Waals surface area contributed by atoms with Crippen LogP contribution in [-0.4, -0.2) is 21.3 Å². The standard InChI is InChI=1S/C12H10O4/c1-6-9-4-7(13)2-3-8(9)11(14)5-10(6)12(15)16/h2-5,13-14H,1H3,(H,15,16). The quantitative estimate of drug-likeness (QED) is 0.686. The third-order valence-electron chi connectivity index (χ3n) is 2.60. The van der Waals surface area contributed by atoms with Crippen molar-refractivity contribution in [1.29, 1.82) is 0 Å². The largest absolute Gasteiger partial charge is 0.508 e. The van der Waals surface area contributed by atoms with Crippen molar-refractivity contribution in [3.8, 4) is 11.5 Å². The van der Waals surface area contributed by atoms with Crippen molar-refractivity contribution in [3.63, 3.8) is 0 Å². The van der Waals surface area contributed by atoms with Gasteiger partial charge in [-0.05, 0) is 42.1 Å². The normalized spacial score (nSPS) is 10.6. The SMILES string of the molecule is Cc1c(C(=O)O)cc(O)c2ccc(O)cc12. The van der Waals surface area contributed by atoms with Crippen molar-refractivity contribution in [3.05, 3.63) is 35.4 Å². The van der Waals surface area contributed by atoms with E-state index in [0.717, 1.165) is 0 Å². The molecular formula is C12H10O4. The zero-order valence-electron chi connectivity index (χ0n) is 8.56. The molecule has 3 N–H and O–H groups in total. The van der Waals surface area contributed by atoms with E-state index < -0.39 is 5.97 Å². The van der Waals surface area contributed by atoms with Crippen LogP contribution in [0.3, 0.4) is 0 Å². The van der Waals surface area contributed by atoms with Gasteiger partial charge in [-0.25, -0.2) is 4.79 Å². The summed E-state index contributed by atoms with van der Waals surface area (Å²) in [6, 6.07) is 5.66. The second-order valence-corrected chi connectivity index (χ2v) is 3.60.